The Kier molecular flexibility index (Phi) is 6.08. The van der Waals surface area contributed by atoms with E-state index >= 15 is 0 Å². The van der Waals surface area contributed by atoms with Gasteiger partial charge in [-0.1, -0.05) is 54.8 Å². The summed E-state index contributed by atoms with van der Waals surface area (Å²) in [6.07, 6.45) is 7.59. The van der Waals surface area contributed by atoms with Gasteiger partial charge in [-0.2, -0.15) is 5.10 Å². The Morgan fingerprint density at radius 1 is 1.23 bits per heavy atom. The van der Waals surface area contributed by atoms with Crippen molar-refractivity contribution in [3.8, 4) is 5.69 Å². The van der Waals surface area contributed by atoms with Crippen LogP contribution in [0, 0.1) is 12.8 Å². The van der Waals surface area contributed by atoms with Gasteiger partial charge in [0, 0.05) is 25.0 Å². The molecule has 39 heavy (non-hydrogen) atoms. The van der Waals surface area contributed by atoms with Gasteiger partial charge in [0.1, 0.15) is 25.0 Å². The Labute approximate surface area is 228 Å². The molecule has 1 saturated carbocycles. The standard InChI is InChI=1S/C30H36N6O3/c1-18-10-11-25(36-17-32-16-34-36)19(12-18)14-33-28-27(39-28)26-13-20(31)15-35(26)29(37)30(38)23-8-4-2-6-21(23)22-7-3-5-9-24(22)30/h2,4,6,8,10-12,16-17,20,22,24,26-28,33,38H,3,5,7,9,13-15,31H2,1H3/t20-,22+,24?,26?,27?,28?,30?/m0/s1. The number of aliphatic hydroxyl groups is 1. The van der Waals surface area contributed by atoms with Crippen LogP contribution in [0.4, 0.5) is 0 Å². The molecule has 0 radical (unpaired) electrons. The smallest absolute Gasteiger partial charge is 0.259 e. The first kappa shape index (κ1) is 24.9. The van der Waals surface area contributed by atoms with E-state index in [-0.39, 0.29) is 42.2 Å². The summed E-state index contributed by atoms with van der Waals surface area (Å²) in [4.78, 5) is 20.2. The lowest BCUT2D eigenvalue weighted by Gasteiger charge is -2.39. The van der Waals surface area contributed by atoms with E-state index < -0.39 is 5.60 Å². The zero-order valence-corrected chi connectivity index (χ0v) is 22.2. The van der Waals surface area contributed by atoms with E-state index in [4.69, 9.17) is 10.5 Å². The molecule has 9 nitrogen and oxygen atoms in total. The zero-order valence-electron chi connectivity index (χ0n) is 22.2. The number of benzene rings is 2. The Hall–Kier alpha value is -3.11. The topological polar surface area (TPSA) is 122 Å². The van der Waals surface area contributed by atoms with Crippen molar-refractivity contribution in [3.63, 3.8) is 0 Å². The Morgan fingerprint density at radius 2 is 2.08 bits per heavy atom. The molecule has 7 rings (SSSR count). The number of hydrogen-bond acceptors (Lipinski definition) is 7. The first-order valence-electron chi connectivity index (χ1n) is 14.2. The van der Waals surface area contributed by atoms with E-state index in [1.165, 1.54) is 6.33 Å². The van der Waals surface area contributed by atoms with Gasteiger partial charge in [-0.15, -0.1) is 0 Å². The number of epoxide rings is 1. The number of nitrogens with two attached hydrogens (primary N) is 1. The number of carbonyl (C=O) groups is 1. The minimum atomic E-state index is -1.50. The second kappa shape index (κ2) is 9.52. The van der Waals surface area contributed by atoms with Crippen molar-refractivity contribution in [2.75, 3.05) is 6.54 Å². The molecule has 4 N–H and O–H groups in total. The van der Waals surface area contributed by atoms with Crippen molar-refractivity contribution in [2.24, 2.45) is 11.7 Å². The second-order valence-electron chi connectivity index (χ2n) is 11.7. The highest BCUT2D eigenvalue weighted by Crippen LogP contribution is 2.56. The molecule has 3 fully saturated rings. The molecule has 0 bridgehead atoms. The normalized spacial score (nSPS) is 33.2. The molecule has 7 atom stereocenters. The first-order valence-corrected chi connectivity index (χ1v) is 14.2. The summed E-state index contributed by atoms with van der Waals surface area (Å²) in [5.74, 6) is -0.0541. The molecular weight excluding hydrogens is 492 g/mol. The van der Waals surface area contributed by atoms with Crippen LogP contribution in [0.15, 0.2) is 55.1 Å². The molecule has 2 aliphatic heterocycles. The number of rotatable bonds is 6. The molecule has 2 saturated heterocycles. The molecule has 9 heteroatoms. The number of likely N-dealkylation sites (tertiary alicyclic amines) is 1. The highest BCUT2D eigenvalue weighted by atomic mass is 16.6. The molecule has 5 unspecified atom stereocenters. The van der Waals surface area contributed by atoms with Crippen LogP contribution in [0.1, 0.15) is 60.3 Å². The van der Waals surface area contributed by atoms with Crippen molar-refractivity contribution >= 4 is 5.91 Å². The number of nitrogens with one attached hydrogen (secondary N) is 1. The predicted molar refractivity (Wildman–Crippen MR) is 145 cm³/mol. The van der Waals surface area contributed by atoms with Crippen LogP contribution in [-0.4, -0.2) is 61.6 Å². The number of fused-ring (bicyclic) bond motifs is 3. The quantitative estimate of drug-likeness (QED) is 0.420. The van der Waals surface area contributed by atoms with E-state index in [2.05, 4.69) is 40.5 Å². The maximum atomic E-state index is 14.3. The highest BCUT2D eigenvalue weighted by molar-refractivity contribution is 5.89. The average Bonchev–Trinajstić information content (AvgIpc) is 3.25. The zero-order chi connectivity index (χ0) is 26.7. The first-order chi connectivity index (χ1) is 18.9. The van der Waals surface area contributed by atoms with Crippen LogP contribution < -0.4 is 11.1 Å². The molecule has 3 heterocycles. The molecule has 1 aromatic heterocycles. The molecule has 204 valence electrons. The summed E-state index contributed by atoms with van der Waals surface area (Å²) in [6, 6.07) is 13.9. The number of ether oxygens (including phenoxy) is 1. The van der Waals surface area contributed by atoms with Crippen LogP contribution in [0.5, 0.6) is 0 Å². The Bertz CT molecular complexity index is 1380. The summed E-state index contributed by atoms with van der Waals surface area (Å²) < 4.78 is 7.87. The van der Waals surface area contributed by atoms with Gasteiger partial charge in [-0.3, -0.25) is 10.1 Å². The minimum Gasteiger partial charge on any atom is -0.375 e. The van der Waals surface area contributed by atoms with Crippen molar-refractivity contribution in [3.05, 3.63) is 77.4 Å². The van der Waals surface area contributed by atoms with Gasteiger partial charge in [-0.05, 0) is 54.9 Å². The van der Waals surface area contributed by atoms with Gasteiger partial charge < -0.3 is 20.5 Å². The third-order valence-corrected chi connectivity index (χ3v) is 9.34. The fourth-order valence-corrected chi connectivity index (χ4v) is 7.51. The molecule has 3 aromatic rings. The number of nitrogens with zero attached hydrogens (tertiary/aromatic N) is 4. The van der Waals surface area contributed by atoms with E-state index in [0.717, 1.165) is 53.6 Å². The molecule has 1 amide bonds. The van der Waals surface area contributed by atoms with Gasteiger partial charge in [-0.25, -0.2) is 9.67 Å². The number of amides is 1. The maximum Gasteiger partial charge on any atom is 0.259 e. The van der Waals surface area contributed by atoms with Gasteiger partial charge in [0.15, 0.2) is 5.60 Å². The number of hydrogen-bond donors (Lipinski definition) is 3. The average molecular weight is 529 g/mol. The van der Waals surface area contributed by atoms with Crippen molar-refractivity contribution in [2.45, 2.75) is 81.5 Å². The lowest BCUT2D eigenvalue weighted by Crippen LogP contribution is -2.53. The lowest BCUT2D eigenvalue weighted by molar-refractivity contribution is -0.161. The minimum absolute atomic E-state index is 0.0841. The third kappa shape index (κ3) is 4.10. The van der Waals surface area contributed by atoms with E-state index in [1.807, 2.05) is 29.2 Å². The fraction of sp³-hybridized carbons (Fsp3) is 0.500. The molecule has 2 aromatic carbocycles. The summed E-state index contributed by atoms with van der Waals surface area (Å²) in [5, 5.41) is 20.0. The summed E-state index contributed by atoms with van der Waals surface area (Å²) in [6.45, 7) is 3.09. The predicted octanol–water partition coefficient (Wildman–Crippen LogP) is 2.49. The van der Waals surface area contributed by atoms with Crippen molar-refractivity contribution in [1.29, 1.82) is 0 Å². The van der Waals surface area contributed by atoms with Gasteiger partial charge in [0.2, 0.25) is 0 Å². The van der Waals surface area contributed by atoms with Crippen LogP contribution in [-0.2, 0) is 21.7 Å². The molecule has 0 spiro atoms. The van der Waals surface area contributed by atoms with Crippen LogP contribution >= 0.6 is 0 Å². The van der Waals surface area contributed by atoms with Crippen molar-refractivity contribution < 1.29 is 14.6 Å². The van der Waals surface area contributed by atoms with E-state index in [1.54, 1.807) is 11.0 Å². The summed E-state index contributed by atoms with van der Waals surface area (Å²) in [7, 11) is 0. The Morgan fingerprint density at radius 3 is 2.92 bits per heavy atom. The SMILES string of the molecule is Cc1ccc(-n2cncn2)c(CNC2OC2C2C[C@H](N)CN2C(=O)C2(O)c3ccccc3[C@H]3CCCCC32)c1. The van der Waals surface area contributed by atoms with E-state index in [9.17, 15) is 9.90 Å². The number of aryl methyl sites for hydroxylation is 1. The number of carbonyl (C=O) groups excluding carboxylic acids is 1. The van der Waals surface area contributed by atoms with Gasteiger partial charge in [0.25, 0.3) is 5.91 Å². The highest BCUT2D eigenvalue weighted by Gasteiger charge is 2.60. The van der Waals surface area contributed by atoms with Gasteiger partial charge >= 0.3 is 0 Å². The van der Waals surface area contributed by atoms with Crippen molar-refractivity contribution in [1.82, 2.24) is 25.0 Å². The molecule has 4 aliphatic rings. The van der Waals surface area contributed by atoms with Crippen LogP contribution in [0.2, 0.25) is 0 Å². The molecular formula is C30H36N6O3. The number of aromatic nitrogens is 3. The fourth-order valence-electron chi connectivity index (χ4n) is 7.51. The second-order valence-corrected chi connectivity index (χ2v) is 11.7. The monoisotopic (exact) mass is 528 g/mol. The third-order valence-electron chi connectivity index (χ3n) is 9.34. The van der Waals surface area contributed by atoms with Crippen LogP contribution in [0.25, 0.3) is 5.69 Å². The van der Waals surface area contributed by atoms with Gasteiger partial charge in [0.05, 0.1) is 11.7 Å². The summed E-state index contributed by atoms with van der Waals surface area (Å²) in [5.41, 5.74) is 10.1. The summed E-state index contributed by atoms with van der Waals surface area (Å²) >= 11 is 0. The van der Waals surface area contributed by atoms with Crippen LogP contribution in [0.3, 0.4) is 0 Å². The largest absolute Gasteiger partial charge is 0.375 e. The lowest BCUT2D eigenvalue weighted by atomic mass is 9.73. The Balaban J connectivity index is 1.09. The maximum absolute atomic E-state index is 14.3. The van der Waals surface area contributed by atoms with E-state index in [0.29, 0.717) is 19.5 Å². The molecule has 2 aliphatic carbocycles.